The van der Waals surface area contributed by atoms with Crippen molar-refractivity contribution in [1.82, 2.24) is 20.1 Å². The average Bonchev–Trinajstić information content (AvgIpc) is 3.03. The Labute approximate surface area is 210 Å². The van der Waals surface area contributed by atoms with Crippen molar-refractivity contribution in [3.05, 3.63) is 39.9 Å². The standard InChI is InChI=1S/C23H26F3N7O4/c1-14(30-17-11-29-31-22(35)20(17)23(24,25)26)13-36-6-3-19(34)32-4-5-33-16(12-32)2-7-37-18-8-15(9-27)10-28-21(18)33/h8,10-11,14,16H,2-7,12-13H2,1H3,(H2,30,31,35). The Bertz CT molecular complexity index is 1230. The quantitative estimate of drug-likeness (QED) is 0.522. The van der Waals surface area contributed by atoms with Crippen molar-refractivity contribution in [3.63, 3.8) is 0 Å². The molecule has 0 radical (unpaired) electrons. The largest absolute Gasteiger partial charge is 0.490 e. The third kappa shape index (κ3) is 6.11. The molecule has 1 fully saturated rings. The minimum absolute atomic E-state index is 0.0231. The van der Waals surface area contributed by atoms with E-state index in [4.69, 9.17) is 14.7 Å². The summed E-state index contributed by atoms with van der Waals surface area (Å²) in [7, 11) is 0. The molecule has 2 N–H and O–H groups in total. The smallest absolute Gasteiger partial charge is 0.423 e. The number of carbonyl (C=O) groups is 1. The fourth-order valence-corrected chi connectivity index (χ4v) is 4.41. The first-order valence-electron chi connectivity index (χ1n) is 11.7. The molecule has 1 amide bonds. The van der Waals surface area contributed by atoms with Gasteiger partial charge in [0.2, 0.25) is 5.91 Å². The lowest BCUT2D eigenvalue weighted by Crippen LogP contribution is -2.55. The molecule has 0 aliphatic carbocycles. The number of nitriles is 1. The first kappa shape index (κ1) is 26.2. The zero-order valence-corrected chi connectivity index (χ0v) is 20.0. The Morgan fingerprint density at radius 3 is 2.97 bits per heavy atom. The summed E-state index contributed by atoms with van der Waals surface area (Å²) in [4.78, 5) is 32.6. The highest BCUT2D eigenvalue weighted by Crippen LogP contribution is 2.34. The van der Waals surface area contributed by atoms with Gasteiger partial charge in [0.15, 0.2) is 11.6 Å². The molecule has 37 heavy (non-hydrogen) atoms. The average molecular weight is 522 g/mol. The highest BCUT2D eigenvalue weighted by molar-refractivity contribution is 5.76. The van der Waals surface area contributed by atoms with Crippen LogP contribution in [-0.2, 0) is 15.7 Å². The van der Waals surface area contributed by atoms with Gasteiger partial charge < -0.3 is 24.6 Å². The molecule has 11 nitrogen and oxygen atoms in total. The van der Waals surface area contributed by atoms with Gasteiger partial charge in [0, 0.05) is 44.4 Å². The van der Waals surface area contributed by atoms with E-state index in [2.05, 4.69) is 26.4 Å². The van der Waals surface area contributed by atoms with E-state index in [1.54, 1.807) is 23.0 Å². The van der Waals surface area contributed by atoms with Gasteiger partial charge in [-0.05, 0) is 6.92 Å². The number of alkyl halides is 3. The van der Waals surface area contributed by atoms with E-state index in [1.165, 1.54) is 6.20 Å². The number of piperazine rings is 1. The summed E-state index contributed by atoms with van der Waals surface area (Å²) >= 11 is 0. The van der Waals surface area contributed by atoms with E-state index in [1.807, 2.05) is 0 Å². The van der Waals surface area contributed by atoms with Crippen LogP contribution < -0.4 is 20.5 Å². The molecule has 0 bridgehead atoms. The number of aromatic nitrogens is 3. The molecule has 198 valence electrons. The van der Waals surface area contributed by atoms with Gasteiger partial charge in [-0.1, -0.05) is 0 Å². The molecule has 14 heteroatoms. The second kappa shape index (κ2) is 11.0. The van der Waals surface area contributed by atoms with Gasteiger partial charge in [-0.15, -0.1) is 0 Å². The van der Waals surface area contributed by atoms with Crippen LogP contribution in [0.4, 0.5) is 24.7 Å². The van der Waals surface area contributed by atoms with Crippen LogP contribution in [0.25, 0.3) is 0 Å². The summed E-state index contributed by atoms with van der Waals surface area (Å²) in [6.45, 7) is 3.72. The van der Waals surface area contributed by atoms with Gasteiger partial charge >= 0.3 is 6.18 Å². The van der Waals surface area contributed by atoms with Crippen molar-refractivity contribution < 1.29 is 27.4 Å². The molecule has 0 spiro atoms. The number of aromatic amines is 1. The first-order valence-corrected chi connectivity index (χ1v) is 11.7. The summed E-state index contributed by atoms with van der Waals surface area (Å²) in [6, 6.07) is 3.18. The first-order chi connectivity index (χ1) is 17.7. The predicted molar refractivity (Wildman–Crippen MR) is 125 cm³/mol. The van der Waals surface area contributed by atoms with E-state index >= 15 is 0 Å². The van der Waals surface area contributed by atoms with Crippen LogP contribution in [0.15, 0.2) is 23.3 Å². The van der Waals surface area contributed by atoms with Crippen LogP contribution in [0.3, 0.4) is 0 Å². The lowest BCUT2D eigenvalue weighted by Gasteiger charge is -2.41. The Balaban J connectivity index is 1.25. The lowest BCUT2D eigenvalue weighted by atomic mass is 10.1. The fraction of sp³-hybridized carbons (Fsp3) is 0.522. The van der Waals surface area contributed by atoms with Crippen molar-refractivity contribution in [3.8, 4) is 11.8 Å². The van der Waals surface area contributed by atoms with Crippen LogP contribution in [-0.4, -0.2) is 77.5 Å². The highest BCUT2D eigenvalue weighted by atomic mass is 19.4. The summed E-state index contributed by atoms with van der Waals surface area (Å²) < 4.78 is 50.8. The molecule has 4 heterocycles. The van der Waals surface area contributed by atoms with Gasteiger partial charge in [-0.25, -0.2) is 10.1 Å². The van der Waals surface area contributed by atoms with Crippen molar-refractivity contribution in [2.45, 2.75) is 38.0 Å². The third-order valence-corrected chi connectivity index (χ3v) is 6.15. The third-order valence-electron chi connectivity index (χ3n) is 6.15. The monoisotopic (exact) mass is 521 g/mol. The number of nitrogens with zero attached hydrogens (tertiary/aromatic N) is 5. The fourth-order valence-electron chi connectivity index (χ4n) is 4.41. The van der Waals surface area contributed by atoms with E-state index in [-0.39, 0.29) is 31.6 Å². The zero-order valence-electron chi connectivity index (χ0n) is 20.0. The van der Waals surface area contributed by atoms with Crippen LogP contribution in [0, 0.1) is 11.3 Å². The number of hydrogen-bond donors (Lipinski definition) is 2. The maximum absolute atomic E-state index is 13.2. The number of halogens is 3. The molecule has 2 atom stereocenters. The van der Waals surface area contributed by atoms with E-state index in [0.29, 0.717) is 49.8 Å². The number of H-pyrrole nitrogens is 1. The van der Waals surface area contributed by atoms with Crippen LogP contribution in [0.2, 0.25) is 0 Å². The summed E-state index contributed by atoms with van der Waals surface area (Å²) in [5.41, 5.74) is -2.70. The minimum Gasteiger partial charge on any atom is -0.490 e. The number of anilines is 2. The molecule has 0 saturated carbocycles. The molecule has 4 rings (SSSR count). The number of fused-ring (bicyclic) bond motifs is 3. The molecule has 2 aromatic heterocycles. The molecular formula is C23H26F3N7O4. The molecule has 2 aliphatic rings. The number of hydrogen-bond acceptors (Lipinski definition) is 9. The molecule has 0 aromatic carbocycles. The van der Waals surface area contributed by atoms with Gasteiger partial charge in [-0.2, -0.15) is 23.5 Å². The van der Waals surface area contributed by atoms with Gasteiger partial charge in [0.1, 0.15) is 11.6 Å². The van der Waals surface area contributed by atoms with Crippen molar-refractivity contribution in [1.29, 1.82) is 5.26 Å². The minimum atomic E-state index is -4.84. The van der Waals surface area contributed by atoms with E-state index in [9.17, 15) is 22.8 Å². The van der Waals surface area contributed by atoms with Gasteiger partial charge in [-0.3, -0.25) is 9.59 Å². The van der Waals surface area contributed by atoms with E-state index < -0.39 is 29.0 Å². The number of carbonyl (C=O) groups excluding carboxylic acids is 1. The lowest BCUT2D eigenvalue weighted by molar-refractivity contribution is -0.138. The molecule has 2 aromatic rings. The Morgan fingerprint density at radius 1 is 1.41 bits per heavy atom. The van der Waals surface area contributed by atoms with Crippen LogP contribution >= 0.6 is 0 Å². The number of amides is 1. The van der Waals surface area contributed by atoms with Crippen molar-refractivity contribution in [2.24, 2.45) is 0 Å². The van der Waals surface area contributed by atoms with Crippen molar-refractivity contribution in [2.75, 3.05) is 49.7 Å². The normalized spacial score (nSPS) is 18.1. The Morgan fingerprint density at radius 2 is 2.22 bits per heavy atom. The van der Waals surface area contributed by atoms with Crippen LogP contribution in [0.5, 0.6) is 5.75 Å². The number of nitrogens with one attached hydrogen (secondary N) is 2. The molecule has 2 aliphatic heterocycles. The Hall–Kier alpha value is -3.86. The second-order valence-electron chi connectivity index (χ2n) is 8.84. The van der Waals surface area contributed by atoms with E-state index in [0.717, 1.165) is 6.20 Å². The summed E-state index contributed by atoms with van der Waals surface area (Å²) in [5.74, 6) is 1.15. The topological polar surface area (TPSA) is 136 Å². The number of pyridine rings is 1. The Kier molecular flexibility index (Phi) is 7.82. The molecular weight excluding hydrogens is 495 g/mol. The highest BCUT2D eigenvalue weighted by Gasteiger charge is 2.37. The zero-order chi connectivity index (χ0) is 26.6. The predicted octanol–water partition coefficient (Wildman–Crippen LogP) is 1.76. The number of ether oxygens (including phenoxy) is 2. The van der Waals surface area contributed by atoms with Crippen LogP contribution in [0.1, 0.15) is 30.9 Å². The SMILES string of the molecule is CC(COCCC(=O)N1CCN2c3ncc(C#N)cc3OCCC2C1)Nc1cn[nH]c(=O)c1C(F)(F)F. The summed E-state index contributed by atoms with van der Waals surface area (Å²) in [6.07, 6.45) is -1.61. The molecule has 2 unspecified atom stereocenters. The van der Waals surface area contributed by atoms with Gasteiger partial charge in [0.05, 0.1) is 49.7 Å². The van der Waals surface area contributed by atoms with Gasteiger partial charge in [0.25, 0.3) is 5.56 Å². The number of rotatable bonds is 7. The second-order valence-corrected chi connectivity index (χ2v) is 8.84. The maximum atomic E-state index is 13.2. The van der Waals surface area contributed by atoms with Crippen molar-refractivity contribution >= 4 is 17.4 Å². The summed E-state index contributed by atoms with van der Waals surface area (Å²) in [5, 5.41) is 16.9. The molecule has 1 saturated heterocycles. The maximum Gasteiger partial charge on any atom is 0.423 e.